The van der Waals surface area contributed by atoms with Crippen LogP contribution >= 0.6 is 11.6 Å². The van der Waals surface area contributed by atoms with E-state index in [9.17, 15) is 4.79 Å². The molecule has 0 atom stereocenters. The largest absolute Gasteiger partial charge is 0.293 e. The molecule has 2 rings (SSSR count). The van der Waals surface area contributed by atoms with Gasteiger partial charge in [0.1, 0.15) is 5.82 Å². The average Bonchev–Trinajstić information content (AvgIpc) is 2.54. The van der Waals surface area contributed by atoms with Crippen molar-refractivity contribution in [1.82, 2.24) is 4.98 Å². The lowest BCUT2D eigenvalue weighted by Gasteiger charge is -2.22. The molecule has 22 heavy (non-hydrogen) atoms. The summed E-state index contributed by atoms with van der Waals surface area (Å²) in [7, 11) is 0. The van der Waals surface area contributed by atoms with Crippen LogP contribution in [-0.4, -0.2) is 23.3 Å². The fourth-order valence-corrected chi connectivity index (χ4v) is 2.32. The van der Waals surface area contributed by atoms with Crippen LogP contribution < -0.4 is 4.90 Å². The van der Waals surface area contributed by atoms with Crippen LogP contribution in [0.3, 0.4) is 0 Å². The van der Waals surface area contributed by atoms with Crippen molar-refractivity contribution >= 4 is 29.4 Å². The number of hydrogen-bond donors (Lipinski definition) is 0. The van der Waals surface area contributed by atoms with Gasteiger partial charge < -0.3 is 0 Å². The number of amides is 1. The third kappa shape index (κ3) is 4.71. The molecule has 0 aliphatic carbocycles. The first-order valence-corrected chi connectivity index (χ1v) is 7.73. The Morgan fingerprint density at radius 1 is 1.18 bits per heavy atom. The van der Waals surface area contributed by atoms with Gasteiger partial charge in [-0.15, -0.1) is 11.6 Å². The molecule has 0 saturated heterocycles. The van der Waals surface area contributed by atoms with E-state index in [1.807, 2.05) is 55.5 Å². The second-order valence-electron chi connectivity index (χ2n) is 5.01. The van der Waals surface area contributed by atoms with E-state index in [2.05, 4.69) is 11.1 Å². The van der Waals surface area contributed by atoms with Crippen LogP contribution in [0.1, 0.15) is 18.9 Å². The zero-order valence-corrected chi connectivity index (χ0v) is 13.3. The molecule has 1 aromatic carbocycles. The predicted octanol–water partition coefficient (Wildman–Crippen LogP) is 4.15. The van der Waals surface area contributed by atoms with Crippen molar-refractivity contribution in [3.8, 4) is 0 Å². The van der Waals surface area contributed by atoms with Gasteiger partial charge >= 0.3 is 0 Å². The summed E-state index contributed by atoms with van der Waals surface area (Å²) < 4.78 is 0. The first-order chi connectivity index (χ1) is 10.7. The predicted molar refractivity (Wildman–Crippen MR) is 92.0 cm³/mol. The van der Waals surface area contributed by atoms with Crippen molar-refractivity contribution in [1.29, 1.82) is 0 Å². The van der Waals surface area contributed by atoms with Gasteiger partial charge in [-0.2, -0.15) is 0 Å². The van der Waals surface area contributed by atoms with Crippen LogP contribution in [0.25, 0.3) is 6.08 Å². The molecule has 0 fully saturated rings. The van der Waals surface area contributed by atoms with Gasteiger partial charge in [0.25, 0.3) is 0 Å². The molecule has 0 saturated carbocycles. The lowest BCUT2D eigenvalue weighted by atomic mass is 10.1. The summed E-state index contributed by atoms with van der Waals surface area (Å²) in [6.07, 6.45) is 4.06. The second kappa shape index (κ2) is 8.35. The van der Waals surface area contributed by atoms with Crippen molar-refractivity contribution < 1.29 is 4.79 Å². The van der Waals surface area contributed by atoms with Gasteiger partial charge in [-0.1, -0.05) is 48.0 Å². The number of carbonyl (C=O) groups is 1. The zero-order valence-electron chi connectivity index (χ0n) is 12.6. The quantitative estimate of drug-likeness (QED) is 0.751. The Hall–Kier alpha value is -2.13. The number of halogens is 1. The van der Waals surface area contributed by atoms with Gasteiger partial charge in [0.05, 0.1) is 0 Å². The molecular formula is C18H19ClN2O. The van der Waals surface area contributed by atoms with E-state index in [1.165, 1.54) is 0 Å². The topological polar surface area (TPSA) is 33.2 Å². The number of rotatable bonds is 6. The van der Waals surface area contributed by atoms with Gasteiger partial charge in [0.15, 0.2) is 0 Å². The van der Waals surface area contributed by atoms with Crippen LogP contribution in [0.15, 0.2) is 60.3 Å². The standard InChI is InChI=1S/C18H19ClN2O/c1-15(13-16-7-3-2-4-8-16)14-21(18(22)10-11-19)17-9-5-6-12-20-17/h2-9,12-13H,10-11,14H2,1H3/b15-13-. The number of anilines is 1. The highest BCUT2D eigenvalue weighted by Gasteiger charge is 2.16. The average molecular weight is 315 g/mol. The van der Waals surface area contributed by atoms with E-state index in [0.717, 1.165) is 11.1 Å². The highest BCUT2D eigenvalue weighted by Crippen LogP contribution is 2.15. The Morgan fingerprint density at radius 2 is 1.91 bits per heavy atom. The molecule has 4 heteroatoms. The molecule has 0 spiro atoms. The minimum atomic E-state index is -0.0190. The molecule has 1 amide bonds. The van der Waals surface area contributed by atoms with Crippen LogP contribution in [0.4, 0.5) is 5.82 Å². The molecule has 114 valence electrons. The number of pyridine rings is 1. The Bertz CT molecular complexity index is 626. The van der Waals surface area contributed by atoms with E-state index in [4.69, 9.17) is 11.6 Å². The number of benzene rings is 1. The Kier molecular flexibility index (Phi) is 6.16. The number of aromatic nitrogens is 1. The monoisotopic (exact) mass is 314 g/mol. The molecule has 3 nitrogen and oxygen atoms in total. The first-order valence-electron chi connectivity index (χ1n) is 7.20. The fraction of sp³-hybridized carbons (Fsp3) is 0.222. The SMILES string of the molecule is C/C(=C/c1ccccc1)CN(C(=O)CCCl)c1ccccn1. The summed E-state index contributed by atoms with van der Waals surface area (Å²) >= 11 is 5.71. The number of carbonyl (C=O) groups excluding carboxylic acids is 1. The molecule has 0 N–H and O–H groups in total. The highest BCUT2D eigenvalue weighted by atomic mass is 35.5. The number of hydrogen-bond acceptors (Lipinski definition) is 2. The maximum atomic E-state index is 12.3. The minimum absolute atomic E-state index is 0.0190. The minimum Gasteiger partial charge on any atom is -0.293 e. The van der Waals surface area contributed by atoms with Gasteiger partial charge in [-0.25, -0.2) is 4.98 Å². The fourth-order valence-electron chi connectivity index (χ4n) is 2.15. The summed E-state index contributed by atoms with van der Waals surface area (Å²) in [5, 5.41) is 0. The van der Waals surface area contributed by atoms with Crippen molar-refractivity contribution in [2.75, 3.05) is 17.3 Å². The molecular weight excluding hydrogens is 296 g/mol. The molecule has 0 unspecified atom stereocenters. The lowest BCUT2D eigenvalue weighted by Crippen LogP contribution is -2.33. The third-order valence-electron chi connectivity index (χ3n) is 3.16. The van der Waals surface area contributed by atoms with Crippen molar-refractivity contribution in [2.45, 2.75) is 13.3 Å². The summed E-state index contributed by atoms with van der Waals surface area (Å²) in [5.74, 6) is 0.941. The molecule has 0 bridgehead atoms. The zero-order chi connectivity index (χ0) is 15.8. The van der Waals surface area contributed by atoms with E-state index >= 15 is 0 Å². The molecule has 0 aliphatic heterocycles. The maximum absolute atomic E-state index is 12.3. The third-order valence-corrected chi connectivity index (χ3v) is 3.34. The van der Waals surface area contributed by atoms with Gasteiger partial charge in [-0.3, -0.25) is 9.69 Å². The van der Waals surface area contributed by atoms with E-state index in [-0.39, 0.29) is 5.91 Å². The van der Waals surface area contributed by atoms with Crippen molar-refractivity contribution in [3.63, 3.8) is 0 Å². The Labute approximate surface area is 136 Å². The summed E-state index contributed by atoms with van der Waals surface area (Å²) in [5.41, 5.74) is 2.20. The smallest absolute Gasteiger partial charge is 0.229 e. The van der Waals surface area contributed by atoms with Gasteiger partial charge in [-0.05, 0) is 24.6 Å². The van der Waals surface area contributed by atoms with Crippen molar-refractivity contribution in [2.24, 2.45) is 0 Å². The summed E-state index contributed by atoms with van der Waals surface area (Å²) in [6.45, 7) is 2.51. The molecule has 1 aromatic heterocycles. The molecule has 0 radical (unpaired) electrons. The van der Waals surface area contributed by atoms with Gasteiger partial charge in [0.2, 0.25) is 5.91 Å². The van der Waals surface area contributed by atoms with Crippen molar-refractivity contribution in [3.05, 3.63) is 65.9 Å². The van der Waals surface area contributed by atoms with Crippen LogP contribution in [-0.2, 0) is 4.79 Å². The highest BCUT2D eigenvalue weighted by molar-refractivity contribution is 6.19. The van der Waals surface area contributed by atoms with Crippen LogP contribution in [0, 0.1) is 0 Å². The van der Waals surface area contributed by atoms with Gasteiger partial charge in [0, 0.05) is 25.0 Å². The molecule has 0 aliphatic rings. The number of alkyl halides is 1. The summed E-state index contributed by atoms with van der Waals surface area (Å²) in [4.78, 5) is 18.3. The molecule has 1 heterocycles. The van der Waals surface area contributed by atoms with Crippen LogP contribution in [0.2, 0.25) is 0 Å². The Balaban J connectivity index is 2.19. The molecule has 2 aromatic rings. The van der Waals surface area contributed by atoms with E-state index in [1.54, 1.807) is 11.1 Å². The summed E-state index contributed by atoms with van der Waals surface area (Å²) in [6, 6.07) is 15.6. The second-order valence-corrected chi connectivity index (χ2v) is 5.39. The van der Waals surface area contributed by atoms with E-state index < -0.39 is 0 Å². The van der Waals surface area contributed by atoms with Crippen LogP contribution in [0.5, 0.6) is 0 Å². The number of nitrogens with zero attached hydrogens (tertiary/aromatic N) is 2. The normalized spacial score (nSPS) is 11.3. The Morgan fingerprint density at radius 3 is 2.55 bits per heavy atom. The maximum Gasteiger partial charge on any atom is 0.229 e. The lowest BCUT2D eigenvalue weighted by molar-refractivity contribution is -0.118. The van der Waals surface area contributed by atoms with E-state index in [0.29, 0.717) is 24.7 Å². The first kappa shape index (κ1) is 16.2.